The molecule has 1 N–H and O–H groups in total. The zero-order chi connectivity index (χ0) is 15.9. The minimum Gasteiger partial charge on any atom is -0.354 e. The third-order valence-electron chi connectivity index (χ3n) is 4.43. The van der Waals surface area contributed by atoms with Crippen LogP contribution in [-0.4, -0.2) is 45.6 Å². The number of carbonyl (C=O) groups is 2. The lowest BCUT2D eigenvalue weighted by Crippen LogP contribution is -2.35. The number of nitrogens with zero attached hydrogens (tertiary/aromatic N) is 3. The molecule has 2 amide bonds. The van der Waals surface area contributed by atoms with E-state index < -0.39 is 0 Å². The Kier molecular flexibility index (Phi) is 4.12. The Morgan fingerprint density at radius 1 is 1.41 bits per heavy atom. The molecule has 1 saturated carbocycles. The number of aryl methyl sites for hydroxylation is 1. The molecule has 0 bridgehead atoms. The van der Waals surface area contributed by atoms with Crippen molar-refractivity contribution in [2.75, 3.05) is 13.1 Å². The second-order valence-electron chi connectivity index (χ2n) is 6.18. The van der Waals surface area contributed by atoms with Crippen LogP contribution < -0.4 is 5.32 Å². The van der Waals surface area contributed by atoms with Crippen LogP contribution in [0.5, 0.6) is 0 Å². The highest BCUT2D eigenvalue weighted by Crippen LogP contribution is 2.32. The predicted octanol–water partition coefficient (Wildman–Crippen LogP) is 1.28. The summed E-state index contributed by atoms with van der Waals surface area (Å²) in [7, 11) is 0. The molecule has 1 aromatic heterocycles. The topological polar surface area (TPSA) is 67.2 Å². The second-order valence-corrected chi connectivity index (χ2v) is 6.56. The van der Waals surface area contributed by atoms with Crippen LogP contribution in [0.3, 0.4) is 0 Å². The fourth-order valence-corrected chi connectivity index (χ4v) is 3.10. The molecule has 0 spiro atoms. The summed E-state index contributed by atoms with van der Waals surface area (Å²) >= 11 is 6.10. The maximum absolute atomic E-state index is 12.2. The molecule has 120 valence electrons. The fourth-order valence-electron chi connectivity index (χ4n) is 2.97. The van der Waals surface area contributed by atoms with E-state index in [1.54, 1.807) is 4.68 Å². The van der Waals surface area contributed by atoms with E-state index >= 15 is 0 Å². The van der Waals surface area contributed by atoms with E-state index in [1.165, 1.54) is 0 Å². The number of amides is 2. The number of rotatable bonds is 5. The number of halogens is 1. The minimum atomic E-state index is -0.211. The van der Waals surface area contributed by atoms with Gasteiger partial charge in [0.2, 0.25) is 11.8 Å². The monoisotopic (exact) mass is 324 g/mol. The first-order valence-corrected chi connectivity index (χ1v) is 8.12. The van der Waals surface area contributed by atoms with Crippen molar-refractivity contribution in [3.05, 3.63) is 16.4 Å². The van der Waals surface area contributed by atoms with E-state index in [0.29, 0.717) is 37.1 Å². The Labute approximate surface area is 134 Å². The molecule has 2 fully saturated rings. The van der Waals surface area contributed by atoms with E-state index in [9.17, 15) is 9.59 Å². The van der Waals surface area contributed by atoms with Gasteiger partial charge in [-0.2, -0.15) is 5.10 Å². The van der Waals surface area contributed by atoms with Gasteiger partial charge < -0.3 is 10.2 Å². The predicted molar refractivity (Wildman–Crippen MR) is 82.6 cm³/mol. The second kappa shape index (κ2) is 5.91. The summed E-state index contributed by atoms with van der Waals surface area (Å²) in [6.45, 7) is 5.42. The lowest BCUT2D eigenvalue weighted by molar-refractivity contribution is -0.129. The smallest absolute Gasteiger partial charge is 0.225 e. The van der Waals surface area contributed by atoms with Crippen LogP contribution in [0.2, 0.25) is 5.02 Å². The Morgan fingerprint density at radius 3 is 2.73 bits per heavy atom. The average Bonchev–Trinajstić information content (AvgIpc) is 3.21. The fraction of sp³-hybridized carbons (Fsp3) is 0.667. The van der Waals surface area contributed by atoms with Gasteiger partial charge in [-0.05, 0) is 26.7 Å². The molecule has 2 aliphatic rings. The van der Waals surface area contributed by atoms with Crippen molar-refractivity contribution >= 4 is 23.4 Å². The molecule has 3 rings (SSSR count). The molecule has 22 heavy (non-hydrogen) atoms. The molecule has 1 aliphatic carbocycles. The van der Waals surface area contributed by atoms with Gasteiger partial charge in [-0.3, -0.25) is 14.3 Å². The summed E-state index contributed by atoms with van der Waals surface area (Å²) in [5.41, 5.74) is 1.70. The van der Waals surface area contributed by atoms with Gasteiger partial charge in [0.05, 0.1) is 28.9 Å². The Bertz CT molecular complexity index is 609. The average molecular weight is 325 g/mol. The van der Waals surface area contributed by atoms with Gasteiger partial charge in [-0.1, -0.05) is 11.6 Å². The van der Waals surface area contributed by atoms with Crippen LogP contribution in [0, 0.1) is 19.8 Å². The molecular weight excluding hydrogens is 304 g/mol. The van der Waals surface area contributed by atoms with E-state index in [1.807, 2.05) is 18.7 Å². The van der Waals surface area contributed by atoms with Crippen molar-refractivity contribution in [2.24, 2.45) is 5.92 Å². The first-order valence-electron chi connectivity index (χ1n) is 7.74. The molecule has 0 unspecified atom stereocenters. The molecular formula is C15H21ClN4O2. The number of likely N-dealkylation sites (tertiary alicyclic amines) is 1. The summed E-state index contributed by atoms with van der Waals surface area (Å²) in [5.74, 6) is -0.130. The van der Waals surface area contributed by atoms with Gasteiger partial charge >= 0.3 is 0 Å². The molecule has 1 atom stereocenters. The van der Waals surface area contributed by atoms with Crippen molar-refractivity contribution in [1.29, 1.82) is 0 Å². The summed E-state index contributed by atoms with van der Waals surface area (Å²) in [6, 6.07) is 0.391. The van der Waals surface area contributed by atoms with E-state index in [0.717, 1.165) is 24.2 Å². The van der Waals surface area contributed by atoms with Gasteiger partial charge in [0.15, 0.2) is 0 Å². The maximum atomic E-state index is 12.2. The highest BCUT2D eigenvalue weighted by atomic mass is 35.5. The summed E-state index contributed by atoms with van der Waals surface area (Å²) in [6.07, 6.45) is 2.51. The first kappa shape index (κ1) is 15.3. The van der Waals surface area contributed by atoms with Gasteiger partial charge in [-0.15, -0.1) is 0 Å². The number of hydrogen-bond acceptors (Lipinski definition) is 3. The van der Waals surface area contributed by atoms with Crippen molar-refractivity contribution in [3.8, 4) is 0 Å². The van der Waals surface area contributed by atoms with Crippen LogP contribution in [0.1, 0.15) is 30.7 Å². The normalized spacial score (nSPS) is 21.5. The van der Waals surface area contributed by atoms with Gasteiger partial charge in [0.25, 0.3) is 0 Å². The highest BCUT2D eigenvalue weighted by Gasteiger charge is 2.41. The van der Waals surface area contributed by atoms with Crippen molar-refractivity contribution in [3.63, 3.8) is 0 Å². The Balaban J connectivity index is 1.48. The number of nitrogens with one attached hydrogen (secondary N) is 1. The largest absolute Gasteiger partial charge is 0.354 e. The van der Waals surface area contributed by atoms with Crippen LogP contribution >= 0.6 is 11.6 Å². The molecule has 7 heteroatoms. The van der Waals surface area contributed by atoms with Gasteiger partial charge in [-0.25, -0.2) is 0 Å². The van der Waals surface area contributed by atoms with Crippen LogP contribution in [0.15, 0.2) is 0 Å². The summed E-state index contributed by atoms with van der Waals surface area (Å²) in [5, 5.41) is 7.91. The van der Waals surface area contributed by atoms with Crippen LogP contribution in [0.25, 0.3) is 0 Å². The van der Waals surface area contributed by atoms with Crippen LogP contribution in [-0.2, 0) is 16.1 Å². The first-order chi connectivity index (χ1) is 10.5. The van der Waals surface area contributed by atoms with Crippen LogP contribution in [0.4, 0.5) is 0 Å². The zero-order valence-corrected chi connectivity index (χ0v) is 13.7. The Morgan fingerprint density at radius 2 is 2.14 bits per heavy atom. The van der Waals surface area contributed by atoms with Gasteiger partial charge in [0, 0.05) is 25.6 Å². The molecule has 1 saturated heterocycles. The summed E-state index contributed by atoms with van der Waals surface area (Å²) in [4.78, 5) is 25.9. The van der Waals surface area contributed by atoms with E-state index in [-0.39, 0.29) is 17.7 Å². The zero-order valence-electron chi connectivity index (χ0n) is 12.9. The number of hydrogen-bond donors (Lipinski definition) is 1. The highest BCUT2D eigenvalue weighted by molar-refractivity contribution is 6.31. The van der Waals surface area contributed by atoms with Crippen molar-refractivity contribution < 1.29 is 9.59 Å². The van der Waals surface area contributed by atoms with E-state index in [4.69, 9.17) is 11.6 Å². The number of carbonyl (C=O) groups excluding carboxylic acids is 2. The molecule has 6 nitrogen and oxygen atoms in total. The molecule has 1 aromatic rings. The lowest BCUT2D eigenvalue weighted by Gasteiger charge is -2.15. The summed E-state index contributed by atoms with van der Waals surface area (Å²) < 4.78 is 1.80. The number of aromatic nitrogens is 2. The molecule has 1 aliphatic heterocycles. The quantitative estimate of drug-likeness (QED) is 0.887. The van der Waals surface area contributed by atoms with E-state index in [2.05, 4.69) is 10.4 Å². The van der Waals surface area contributed by atoms with Crippen molar-refractivity contribution in [2.45, 2.75) is 45.7 Å². The van der Waals surface area contributed by atoms with Gasteiger partial charge in [0.1, 0.15) is 0 Å². The molecule has 0 aromatic carbocycles. The van der Waals surface area contributed by atoms with Crippen molar-refractivity contribution in [1.82, 2.24) is 20.0 Å². The SMILES string of the molecule is Cc1nn(CCNC(=O)[C@@H]2CC(=O)N(C3CC3)C2)c(C)c1Cl. The molecule has 2 heterocycles. The Hall–Kier alpha value is -1.56. The molecule has 0 radical (unpaired) electrons. The third-order valence-corrected chi connectivity index (χ3v) is 4.98. The minimum absolute atomic E-state index is 0.0378. The lowest BCUT2D eigenvalue weighted by atomic mass is 10.1. The third kappa shape index (κ3) is 2.97. The standard InChI is InChI=1S/C15H21ClN4O2/c1-9-14(16)10(2)20(18-9)6-5-17-15(22)11-7-13(21)19(8-11)12-3-4-12/h11-12H,3-8H2,1-2H3,(H,17,22)/t11-/m1/s1. The maximum Gasteiger partial charge on any atom is 0.225 e.